The van der Waals surface area contributed by atoms with E-state index in [4.69, 9.17) is 16.3 Å². The van der Waals surface area contributed by atoms with Crippen molar-refractivity contribution in [2.24, 2.45) is 5.41 Å². The fourth-order valence-corrected chi connectivity index (χ4v) is 4.57. The van der Waals surface area contributed by atoms with Crippen molar-refractivity contribution in [3.05, 3.63) is 70.4 Å². The summed E-state index contributed by atoms with van der Waals surface area (Å²) < 4.78 is 5.36. The molecular weight excluding hydrogens is 386 g/mol. The molecule has 1 aliphatic heterocycles. The van der Waals surface area contributed by atoms with Gasteiger partial charge in [0.15, 0.2) is 5.78 Å². The number of benzene rings is 2. The summed E-state index contributed by atoms with van der Waals surface area (Å²) in [6, 6.07) is 14.9. The van der Waals surface area contributed by atoms with E-state index in [1.54, 1.807) is 24.1 Å². The Hall–Kier alpha value is -2.59. The Kier molecular flexibility index (Phi) is 4.99. The highest BCUT2D eigenvalue weighted by Gasteiger charge is 2.44. The molecule has 1 atom stereocenters. The van der Waals surface area contributed by atoms with Crippen molar-refractivity contribution >= 4 is 29.0 Å². The quantitative estimate of drug-likeness (QED) is 0.671. The monoisotopic (exact) mass is 409 g/mol. The smallest absolute Gasteiger partial charge is 0.232 e. The molecule has 0 saturated carbocycles. The number of allylic oxidation sites excluding steroid dienone is 2. The van der Waals surface area contributed by atoms with Crippen molar-refractivity contribution in [3.63, 3.8) is 0 Å². The zero-order chi connectivity index (χ0) is 20.8. The Morgan fingerprint density at radius 2 is 1.79 bits per heavy atom. The van der Waals surface area contributed by atoms with Crippen LogP contribution < -0.4 is 9.64 Å². The Balaban J connectivity index is 1.88. The van der Waals surface area contributed by atoms with Gasteiger partial charge in [0.2, 0.25) is 5.91 Å². The minimum atomic E-state index is -0.250. The lowest BCUT2D eigenvalue weighted by atomic mass is 9.69. The van der Waals surface area contributed by atoms with Gasteiger partial charge in [-0.2, -0.15) is 0 Å². The van der Waals surface area contributed by atoms with Gasteiger partial charge >= 0.3 is 0 Å². The standard InChI is InChI=1S/C24H24ClNO3/c1-24(2)13-20-23(21(27)14-24)19(15-5-4-6-18(11-15)29-3)12-22(28)26(20)17-9-7-16(25)8-10-17/h4-11,19H,12-14H2,1-3H3. The maximum atomic E-state index is 13.3. The van der Waals surface area contributed by atoms with Crippen molar-refractivity contribution < 1.29 is 14.3 Å². The second-order valence-electron chi connectivity index (χ2n) is 8.54. The molecule has 1 aliphatic carbocycles. The zero-order valence-corrected chi connectivity index (χ0v) is 17.6. The minimum absolute atomic E-state index is 0.00982. The first-order valence-corrected chi connectivity index (χ1v) is 10.2. The highest BCUT2D eigenvalue weighted by Crippen LogP contribution is 2.48. The number of methoxy groups -OCH3 is 1. The molecule has 0 radical (unpaired) electrons. The van der Waals surface area contributed by atoms with Gasteiger partial charge in [-0.15, -0.1) is 0 Å². The molecule has 0 fully saturated rings. The van der Waals surface area contributed by atoms with E-state index in [0.29, 0.717) is 17.9 Å². The molecule has 0 bridgehead atoms. The topological polar surface area (TPSA) is 46.6 Å². The minimum Gasteiger partial charge on any atom is -0.497 e. The van der Waals surface area contributed by atoms with Crippen LogP contribution in [0, 0.1) is 5.41 Å². The molecule has 0 aromatic heterocycles. The van der Waals surface area contributed by atoms with Gasteiger partial charge < -0.3 is 4.74 Å². The first kappa shape index (κ1) is 19.7. The number of rotatable bonds is 3. The molecule has 29 heavy (non-hydrogen) atoms. The van der Waals surface area contributed by atoms with Crippen LogP contribution in [0.1, 0.15) is 44.6 Å². The molecule has 5 heteroatoms. The summed E-state index contributed by atoms with van der Waals surface area (Å²) in [4.78, 5) is 28.3. The Morgan fingerprint density at radius 1 is 1.07 bits per heavy atom. The number of hydrogen-bond acceptors (Lipinski definition) is 3. The summed E-state index contributed by atoms with van der Waals surface area (Å²) in [7, 11) is 1.62. The average Bonchev–Trinajstić information content (AvgIpc) is 2.67. The van der Waals surface area contributed by atoms with Gasteiger partial charge in [-0.05, 0) is 53.8 Å². The van der Waals surface area contributed by atoms with Crippen LogP contribution in [0.3, 0.4) is 0 Å². The number of hydrogen-bond donors (Lipinski definition) is 0. The SMILES string of the molecule is COc1cccc(C2CC(=O)N(c3ccc(Cl)cc3)C3=C2C(=O)CC(C)(C)C3)c1. The van der Waals surface area contributed by atoms with Crippen LogP contribution in [0.15, 0.2) is 59.8 Å². The molecule has 0 saturated heterocycles. The Morgan fingerprint density at radius 3 is 2.48 bits per heavy atom. The van der Waals surface area contributed by atoms with Crippen molar-refractivity contribution in [1.29, 1.82) is 0 Å². The van der Waals surface area contributed by atoms with Crippen molar-refractivity contribution in [2.75, 3.05) is 12.0 Å². The first-order chi connectivity index (χ1) is 13.8. The molecule has 2 aliphatic rings. The fraction of sp³-hybridized carbons (Fsp3) is 0.333. The third kappa shape index (κ3) is 3.69. The van der Waals surface area contributed by atoms with Crippen LogP contribution in [0.25, 0.3) is 0 Å². The summed E-state index contributed by atoms with van der Waals surface area (Å²) in [6.07, 6.45) is 1.40. The Bertz CT molecular complexity index is 1010. The van der Waals surface area contributed by atoms with E-state index >= 15 is 0 Å². The molecule has 1 heterocycles. The summed E-state index contributed by atoms with van der Waals surface area (Å²) in [5.41, 5.74) is 3.07. The molecule has 0 spiro atoms. The van der Waals surface area contributed by atoms with Crippen LogP contribution in [-0.4, -0.2) is 18.8 Å². The number of anilines is 1. The van der Waals surface area contributed by atoms with Crippen LogP contribution in [0.4, 0.5) is 5.69 Å². The maximum Gasteiger partial charge on any atom is 0.232 e. The molecule has 1 amide bonds. The number of ether oxygens (including phenoxy) is 1. The molecule has 2 aromatic rings. The number of ketones is 1. The van der Waals surface area contributed by atoms with Crippen molar-refractivity contribution in [1.82, 2.24) is 0 Å². The number of amides is 1. The number of halogens is 1. The normalized spacial score (nSPS) is 21.2. The van der Waals surface area contributed by atoms with Crippen LogP contribution >= 0.6 is 11.6 Å². The van der Waals surface area contributed by atoms with Gasteiger partial charge in [-0.3, -0.25) is 14.5 Å². The average molecular weight is 410 g/mol. The summed E-state index contributed by atoms with van der Waals surface area (Å²) >= 11 is 6.04. The van der Waals surface area contributed by atoms with Crippen molar-refractivity contribution in [3.8, 4) is 5.75 Å². The van der Waals surface area contributed by atoms with Crippen molar-refractivity contribution in [2.45, 2.75) is 39.0 Å². The third-order valence-corrected chi connectivity index (χ3v) is 5.98. The van der Waals surface area contributed by atoms with E-state index in [-0.39, 0.29) is 29.4 Å². The van der Waals surface area contributed by atoms with Crippen LogP contribution in [-0.2, 0) is 9.59 Å². The van der Waals surface area contributed by atoms with E-state index in [1.807, 2.05) is 36.4 Å². The molecule has 4 nitrogen and oxygen atoms in total. The second-order valence-corrected chi connectivity index (χ2v) is 8.98. The first-order valence-electron chi connectivity index (χ1n) is 9.78. The van der Waals surface area contributed by atoms with Gasteiger partial charge in [0.05, 0.1) is 7.11 Å². The predicted octanol–water partition coefficient (Wildman–Crippen LogP) is 5.51. The van der Waals surface area contributed by atoms with E-state index < -0.39 is 0 Å². The summed E-state index contributed by atoms with van der Waals surface area (Å²) in [6.45, 7) is 4.16. The lowest BCUT2D eigenvalue weighted by Crippen LogP contribution is -2.43. The van der Waals surface area contributed by atoms with Crippen LogP contribution in [0.2, 0.25) is 5.02 Å². The number of nitrogens with zero attached hydrogens (tertiary/aromatic N) is 1. The largest absolute Gasteiger partial charge is 0.497 e. The molecular formula is C24H24ClNO3. The van der Waals surface area contributed by atoms with Gasteiger partial charge in [0, 0.05) is 40.7 Å². The molecule has 2 aromatic carbocycles. The summed E-state index contributed by atoms with van der Waals surface area (Å²) in [5, 5.41) is 0.613. The number of carbonyl (C=O) groups excluding carboxylic acids is 2. The molecule has 0 N–H and O–H groups in total. The highest BCUT2D eigenvalue weighted by molar-refractivity contribution is 6.30. The Labute approximate surface area is 176 Å². The fourth-order valence-electron chi connectivity index (χ4n) is 4.45. The van der Waals surface area contributed by atoms with E-state index in [9.17, 15) is 9.59 Å². The number of carbonyl (C=O) groups is 2. The predicted molar refractivity (Wildman–Crippen MR) is 114 cm³/mol. The highest BCUT2D eigenvalue weighted by atomic mass is 35.5. The molecule has 150 valence electrons. The third-order valence-electron chi connectivity index (χ3n) is 5.72. The van der Waals surface area contributed by atoms with Gasteiger partial charge in [-0.25, -0.2) is 0 Å². The lowest BCUT2D eigenvalue weighted by Gasteiger charge is -2.43. The van der Waals surface area contributed by atoms with Gasteiger partial charge in [0.25, 0.3) is 0 Å². The molecule has 1 unspecified atom stereocenters. The zero-order valence-electron chi connectivity index (χ0n) is 16.9. The van der Waals surface area contributed by atoms with E-state index in [1.165, 1.54) is 0 Å². The van der Waals surface area contributed by atoms with E-state index in [0.717, 1.165) is 28.3 Å². The van der Waals surface area contributed by atoms with Gasteiger partial charge in [0.1, 0.15) is 5.75 Å². The van der Waals surface area contributed by atoms with Crippen LogP contribution in [0.5, 0.6) is 5.75 Å². The number of Topliss-reactive ketones (excluding diaryl/α,β-unsaturated/α-hetero) is 1. The van der Waals surface area contributed by atoms with Gasteiger partial charge in [-0.1, -0.05) is 37.6 Å². The second kappa shape index (κ2) is 7.34. The lowest BCUT2D eigenvalue weighted by molar-refractivity contribution is -0.121. The molecule has 4 rings (SSSR count). The summed E-state index contributed by atoms with van der Waals surface area (Å²) in [5.74, 6) is 0.584. The maximum absolute atomic E-state index is 13.3. The van der Waals surface area contributed by atoms with E-state index in [2.05, 4.69) is 13.8 Å².